The third-order valence-electron chi connectivity index (χ3n) is 3.34. The highest BCUT2D eigenvalue weighted by Crippen LogP contribution is 2.22. The highest BCUT2D eigenvalue weighted by atomic mass is 32.2. The topological polar surface area (TPSA) is 91.8 Å². The number of aliphatic carboxylic acids is 1. The standard InChI is InChI=1S/C13H13F2NO5S/c14-8-5-10(13(18)19)16(6-8)12(17)7-22(20,21)11-4-2-1-3-9(11)15/h1-4,8,10H,5-7H2,(H,18,19)/t8-,10-/m0/s1. The fourth-order valence-corrected chi connectivity index (χ4v) is 3.61. The van der Waals surface area contributed by atoms with E-state index in [1.165, 1.54) is 12.1 Å². The van der Waals surface area contributed by atoms with Crippen LogP contribution in [0.3, 0.4) is 0 Å². The molecule has 120 valence electrons. The lowest BCUT2D eigenvalue weighted by Crippen LogP contribution is -2.43. The van der Waals surface area contributed by atoms with Gasteiger partial charge < -0.3 is 10.0 Å². The predicted octanol–water partition coefficient (Wildman–Crippen LogP) is 0.623. The number of carboxylic acid groups (broad SMARTS) is 1. The van der Waals surface area contributed by atoms with Crippen LogP contribution in [0.15, 0.2) is 29.2 Å². The number of halogens is 2. The fraction of sp³-hybridized carbons (Fsp3) is 0.385. The second-order valence-electron chi connectivity index (χ2n) is 4.92. The van der Waals surface area contributed by atoms with E-state index in [0.29, 0.717) is 4.90 Å². The van der Waals surface area contributed by atoms with Gasteiger partial charge in [0.05, 0.1) is 6.54 Å². The number of sulfone groups is 1. The molecule has 1 N–H and O–H groups in total. The minimum atomic E-state index is -4.28. The maximum absolute atomic E-state index is 13.5. The summed E-state index contributed by atoms with van der Waals surface area (Å²) in [6.45, 7) is -0.484. The molecule has 0 saturated carbocycles. The quantitative estimate of drug-likeness (QED) is 0.872. The van der Waals surface area contributed by atoms with E-state index in [0.717, 1.165) is 12.1 Å². The third kappa shape index (κ3) is 3.24. The summed E-state index contributed by atoms with van der Waals surface area (Å²) in [7, 11) is -4.28. The van der Waals surface area contributed by atoms with Crippen LogP contribution in [0.1, 0.15) is 6.42 Å². The van der Waals surface area contributed by atoms with E-state index in [9.17, 15) is 26.8 Å². The number of rotatable bonds is 4. The summed E-state index contributed by atoms with van der Waals surface area (Å²) in [6, 6.07) is 3.14. The van der Waals surface area contributed by atoms with E-state index in [2.05, 4.69) is 0 Å². The molecule has 2 rings (SSSR count). The Balaban J connectivity index is 2.21. The molecule has 9 heteroatoms. The summed E-state index contributed by atoms with van der Waals surface area (Å²) >= 11 is 0. The van der Waals surface area contributed by atoms with Gasteiger partial charge in [0.25, 0.3) is 0 Å². The molecule has 6 nitrogen and oxygen atoms in total. The van der Waals surface area contributed by atoms with Gasteiger partial charge in [-0.05, 0) is 12.1 Å². The van der Waals surface area contributed by atoms with E-state index in [1.54, 1.807) is 0 Å². The molecule has 2 atom stereocenters. The maximum atomic E-state index is 13.5. The molecule has 0 bridgehead atoms. The molecule has 1 fully saturated rings. The first-order valence-electron chi connectivity index (χ1n) is 6.36. The number of hydrogen-bond donors (Lipinski definition) is 1. The van der Waals surface area contributed by atoms with Crippen LogP contribution in [0.2, 0.25) is 0 Å². The molecule has 22 heavy (non-hydrogen) atoms. The van der Waals surface area contributed by atoms with E-state index in [1.807, 2.05) is 0 Å². The Hall–Kier alpha value is -2.03. The Morgan fingerprint density at radius 1 is 1.32 bits per heavy atom. The minimum Gasteiger partial charge on any atom is -0.480 e. The second-order valence-corrected chi connectivity index (χ2v) is 6.88. The van der Waals surface area contributed by atoms with Gasteiger partial charge in [0.15, 0.2) is 9.84 Å². The van der Waals surface area contributed by atoms with Crippen LogP contribution in [0.25, 0.3) is 0 Å². The van der Waals surface area contributed by atoms with Crippen molar-refractivity contribution in [3.05, 3.63) is 30.1 Å². The molecule has 0 aromatic heterocycles. The minimum absolute atomic E-state index is 0.388. The van der Waals surface area contributed by atoms with Gasteiger partial charge in [0, 0.05) is 6.42 Å². The average molecular weight is 333 g/mol. The van der Waals surface area contributed by atoms with Gasteiger partial charge in [0.2, 0.25) is 5.91 Å². The molecular weight excluding hydrogens is 320 g/mol. The van der Waals surface area contributed by atoms with Gasteiger partial charge in [-0.2, -0.15) is 0 Å². The van der Waals surface area contributed by atoms with Crippen molar-refractivity contribution in [2.45, 2.75) is 23.5 Å². The van der Waals surface area contributed by atoms with Crippen LogP contribution in [-0.4, -0.2) is 54.8 Å². The smallest absolute Gasteiger partial charge is 0.326 e. The first-order chi connectivity index (χ1) is 10.2. The lowest BCUT2D eigenvalue weighted by molar-refractivity contribution is -0.147. The van der Waals surface area contributed by atoms with Gasteiger partial charge in [-0.15, -0.1) is 0 Å². The SMILES string of the molecule is O=C(O)[C@@H]1C[C@H](F)CN1C(=O)CS(=O)(=O)c1ccccc1F. The number of benzene rings is 1. The summed E-state index contributed by atoms with van der Waals surface area (Å²) < 4.78 is 50.9. The molecule has 1 aliphatic rings. The third-order valence-corrected chi connectivity index (χ3v) is 4.97. The number of carboxylic acids is 1. The van der Waals surface area contributed by atoms with Crippen molar-refractivity contribution in [3.8, 4) is 0 Å². The van der Waals surface area contributed by atoms with Crippen molar-refractivity contribution in [3.63, 3.8) is 0 Å². The largest absolute Gasteiger partial charge is 0.480 e. The zero-order valence-corrected chi connectivity index (χ0v) is 12.1. The van der Waals surface area contributed by atoms with Gasteiger partial charge in [0.1, 0.15) is 28.7 Å². The number of hydrogen-bond acceptors (Lipinski definition) is 4. The summed E-state index contributed by atoms with van der Waals surface area (Å²) in [5.41, 5.74) is 0. The first-order valence-corrected chi connectivity index (χ1v) is 8.01. The number of carbonyl (C=O) groups is 2. The number of amides is 1. The average Bonchev–Trinajstić information content (AvgIpc) is 2.81. The molecule has 1 amide bonds. The van der Waals surface area contributed by atoms with E-state index in [4.69, 9.17) is 5.11 Å². The highest BCUT2D eigenvalue weighted by Gasteiger charge is 2.41. The molecular formula is C13H13F2NO5S. The predicted molar refractivity (Wildman–Crippen MR) is 71.1 cm³/mol. The Morgan fingerprint density at radius 2 is 1.95 bits per heavy atom. The second kappa shape index (κ2) is 5.99. The zero-order valence-electron chi connectivity index (χ0n) is 11.3. The van der Waals surface area contributed by atoms with Crippen LogP contribution >= 0.6 is 0 Å². The summed E-state index contributed by atoms with van der Waals surface area (Å²) in [6.07, 6.45) is -1.91. The molecule has 1 aromatic carbocycles. The summed E-state index contributed by atoms with van der Waals surface area (Å²) in [5, 5.41) is 8.94. The number of likely N-dealkylation sites (tertiary alicyclic amines) is 1. The van der Waals surface area contributed by atoms with Crippen molar-refractivity contribution >= 4 is 21.7 Å². The van der Waals surface area contributed by atoms with Gasteiger partial charge in [-0.1, -0.05) is 12.1 Å². The molecule has 1 aliphatic heterocycles. The van der Waals surface area contributed by atoms with Crippen LogP contribution in [-0.2, 0) is 19.4 Å². The van der Waals surface area contributed by atoms with Crippen molar-refractivity contribution in [1.82, 2.24) is 4.90 Å². The normalized spacial score (nSPS) is 21.8. The summed E-state index contributed by atoms with van der Waals surface area (Å²) in [5.74, 6) is -4.58. The molecule has 1 aromatic rings. The molecule has 0 spiro atoms. The van der Waals surface area contributed by atoms with Gasteiger partial charge >= 0.3 is 5.97 Å². The maximum Gasteiger partial charge on any atom is 0.326 e. The molecule has 0 unspecified atom stereocenters. The zero-order chi connectivity index (χ0) is 16.5. The van der Waals surface area contributed by atoms with Gasteiger partial charge in [-0.3, -0.25) is 4.79 Å². The highest BCUT2D eigenvalue weighted by molar-refractivity contribution is 7.92. The first kappa shape index (κ1) is 16.3. The van der Waals surface area contributed by atoms with Crippen LogP contribution in [0.5, 0.6) is 0 Å². The van der Waals surface area contributed by atoms with Crippen LogP contribution < -0.4 is 0 Å². The number of nitrogens with zero attached hydrogens (tertiary/aromatic N) is 1. The monoisotopic (exact) mass is 333 g/mol. The van der Waals surface area contributed by atoms with Crippen molar-refractivity contribution in [2.75, 3.05) is 12.3 Å². The number of alkyl halides is 1. The van der Waals surface area contributed by atoms with Crippen LogP contribution in [0, 0.1) is 5.82 Å². The Kier molecular flexibility index (Phi) is 4.45. The Labute approximate surface area is 125 Å². The van der Waals surface area contributed by atoms with E-state index < -0.39 is 56.9 Å². The van der Waals surface area contributed by atoms with Crippen molar-refractivity contribution < 1.29 is 31.9 Å². The Morgan fingerprint density at radius 3 is 2.55 bits per heavy atom. The molecule has 1 heterocycles. The molecule has 1 saturated heterocycles. The fourth-order valence-electron chi connectivity index (χ4n) is 2.31. The number of carbonyl (C=O) groups excluding carboxylic acids is 1. The molecule has 0 radical (unpaired) electrons. The van der Waals surface area contributed by atoms with Crippen LogP contribution in [0.4, 0.5) is 8.78 Å². The Bertz CT molecular complexity index is 706. The lowest BCUT2D eigenvalue weighted by Gasteiger charge is -2.20. The molecule has 0 aliphatic carbocycles. The van der Waals surface area contributed by atoms with Gasteiger partial charge in [-0.25, -0.2) is 22.0 Å². The van der Waals surface area contributed by atoms with E-state index >= 15 is 0 Å². The lowest BCUT2D eigenvalue weighted by atomic mass is 10.2. The summed E-state index contributed by atoms with van der Waals surface area (Å²) in [4.78, 5) is 23.0. The van der Waals surface area contributed by atoms with E-state index in [-0.39, 0.29) is 6.42 Å². The van der Waals surface area contributed by atoms with Crippen molar-refractivity contribution in [1.29, 1.82) is 0 Å². The van der Waals surface area contributed by atoms with Crippen molar-refractivity contribution in [2.24, 2.45) is 0 Å².